The van der Waals surface area contributed by atoms with Crippen LogP contribution in [-0.4, -0.2) is 41.9 Å². The molecule has 106 valence electrons. The van der Waals surface area contributed by atoms with E-state index in [9.17, 15) is 0 Å². The highest BCUT2D eigenvalue weighted by Gasteiger charge is 2.26. The predicted octanol–water partition coefficient (Wildman–Crippen LogP) is 1.46. The van der Waals surface area contributed by atoms with Crippen LogP contribution in [-0.2, 0) is 4.74 Å². The highest BCUT2D eigenvalue weighted by Crippen LogP contribution is 2.31. The van der Waals surface area contributed by atoms with Crippen molar-refractivity contribution in [2.24, 2.45) is 0 Å². The van der Waals surface area contributed by atoms with Crippen LogP contribution in [0.1, 0.15) is 27.2 Å². The Hall–Kier alpha value is -1.56. The zero-order valence-corrected chi connectivity index (χ0v) is 11.8. The van der Waals surface area contributed by atoms with E-state index in [-0.39, 0.29) is 6.10 Å². The number of aromatic nitrogens is 2. The van der Waals surface area contributed by atoms with Gasteiger partial charge in [-0.25, -0.2) is 4.98 Å². The van der Waals surface area contributed by atoms with Crippen molar-refractivity contribution in [1.82, 2.24) is 9.97 Å². The summed E-state index contributed by atoms with van der Waals surface area (Å²) in [6.07, 6.45) is 2.53. The Morgan fingerprint density at radius 3 is 3.00 bits per heavy atom. The summed E-state index contributed by atoms with van der Waals surface area (Å²) < 4.78 is 11.1. The van der Waals surface area contributed by atoms with Gasteiger partial charge in [-0.05, 0) is 20.3 Å². The van der Waals surface area contributed by atoms with E-state index in [0.29, 0.717) is 30.8 Å². The zero-order valence-electron chi connectivity index (χ0n) is 11.8. The fourth-order valence-electron chi connectivity index (χ4n) is 2.19. The lowest BCUT2D eigenvalue weighted by Crippen LogP contribution is -2.46. The van der Waals surface area contributed by atoms with Crippen LogP contribution < -0.4 is 15.4 Å². The molecule has 1 aliphatic heterocycles. The summed E-state index contributed by atoms with van der Waals surface area (Å²) >= 11 is 0. The van der Waals surface area contributed by atoms with Gasteiger partial charge in [0.1, 0.15) is 12.0 Å². The number of anilines is 2. The normalized spacial score (nSPS) is 19.8. The van der Waals surface area contributed by atoms with E-state index >= 15 is 0 Å². The molecule has 6 nitrogen and oxygen atoms in total. The molecule has 1 aromatic heterocycles. The molecule has 2 rings (SSSR count). The summed E-state index contributed by atoms with van der Waals surface area (Å²) in [7, 11) is 0. The van der Waals surface area contributed by atoms with Crippen molar-refractivity contribution >= 4 is 11.5 Å². The average Bonchev–Trinajstić information content (AvgIpc) is 2.41. The molecule has 6 heteroatoms. The zero-order chi connectivity index (χ0) is 13.8. The maximum Gasteiger partial charge on any atom is 0.242 e. The third-order valence-electron chi connectivity index (χ3n) is 3.14. The highest BCUT2D eigenvalue weighted by molar-refractivity contribution is 5.68. The second kappa shape index (κ2) is 6.06. The average molecular weight is 266 g/mol. The third-order valence-corrected chi connectivity index (χ3v) is 3.14. The van der Waals surface area contributed by atoms with Crippen LogP contribution in [0.25, 0.3) is 0 Å². The van der Waals surface area contributed by atoms with Gasteiger partial charge in [-0.3, -0.25) is 0 Å². The Kier molecular flexibility index (Phi) is 4.42. The lowest BCUT2D eigenvalue weighted by atomic mass is 10.1. The van der Waals surface area contributed by atoms with Gasteiger partial charge in [-0.15, -0.1) is 0 Å². The van der Waals surface area contributed by atoms with Crippen molar-refractivity contribution in [3.63, 3.8) is 0 Å². The summed E-state index contributed by atoms with van der Waals surface area (Å²) in [5.74, 6) is 1.21. The Morgan fingerprint density at radius 2 is 2.32 bits per heavy atom. The quantitative estimate of drug-likeness (QED) is 0.889. The molecule has 2 heterocycles. The number of rotatable bonds is 4. The third kappa shape index (κ3) is 3.07. The minimum absolute atomic E-state index is 0.0386. The Bertz CT molecular complexity index is 425. The summed E-state index contributed by atoms with van der Waals surface area (Å²) in [6.45, 7) is 8.23. The molecule has 0 saturated carbocycles. The molecular formula is C13H22N4O2. The lowest BCUT2D eigenvalue weighted by Gasteiger charge is -2.36. The molecular weight excluding hydrogens is 244 g/mol. The van der Waals surface area contributed by atoms with E-state index in [4.69, 9.17) is 15.2 Å². The van der Waals surface area contributed by atoms with E-state index in [1.54, 1.807) is 0 Å². The van der Waals surface area contributed by atoms with Crippen molar-refractivity contribution in [2.45, 2.75) is 39.3 Å². The van der Waals surface area contributed by atoms with Gasteiger partial charge in [0, 0.05) is 6.54 Å². The van der Waals surface area contributed by atoms with Crippen molar-refractivity contribution in [1.29, 1.82) is 0 Å². The van der Waals surface area contributed by atoms with Gasteiger partial charge < -0.3 is 20.1 Å². The number of nitrogens with zero attached hydrogens (tertiary/aromatic N) is 3. The van der Waals surface area contributed by atoms with E-state index < -0.39 is 0 Å². The number of morpholine rings is 1. The molecule has 0 radical (unpaired) electrons. The van der Waals surface area contributed by atoms with Crippen LogP contribution in [0.4, 0.5) is 11.5 Å². The van der Waals surface area contributed by atoms with Crippen LogP contribution in [0.5, 0.6) is 5.88 Å². The van der Waals surface area contributed by atoms with Gasteiger partial charge in [0.15, 0.2) is 5.82 Å². The van der Waals surface area contributed by atoms with Crippen LogP contribution in [0.3, 0.4) is 0 Å². The van der Waals surface area contributed by atoms with E-state index in [1.807, 2.05) is 13.8 Å². The number of hydrogen-bond acceptors (Lipinski definition) is 6. The highest BCUT2D eigenvalue weighted by atomic mass is 16.5. The Labute approximate surface area is 113 Å². The molecule has 1 saturated heterocycles. The minimum Gasteiger partial charge on any atom is -0.473 e. The summed E-state index contributed by atoms with van der Waals surface area (Å²) in [5, 5.41) is 0. The predicted molar refractivity (Wildman–Crippen MR) is 74.5 cm³/mol. The molecule has 0 aromatic carbocycles. The SMILES string of the molecule is CCC1COCCN1c1ncnc(OC(C)C)c1N. The molecule has 1 atom stereocenters. The van der Waals surface area contributed by atoms with Gasteiger partial charge >= 0.3 is 0 Å². The number of nitrogens with two attached hydrogens (primary N) is 1. The molecule has 1 unspecified atom stereocenters. The lowest BCUT2D eigenvalue weighted by molar-refractivity contribution is 0.0926. The van der Waals surface area contributed by atoms with Crippen molar-refractivity contribution in [3.05, 3.63) is 6.33 Å². The first-order chi connectivity index (χ1) is 9.13. The smallest absolute Gasteiger partial charge is 0.242 e. The van der Waals surface area contributed by atoms with Crippen molar-refractivity contribution in [2.75, 3.05) is 30.4 Å². The molecule has 1 aromatic rings. The van der Waals surface area contributed by atoms with Gasteiger partial charge in [-0.1, -0.05) is 6.92 Å². The molecule has 0 bridgehead atoms. The second-order valence-corrected chi connectivity index (χ2v) is 4.91. The van der Waals surface area contributed by atoms with Gasteiger partial charge in [0.2, 0.25) is 5.88 Å². The van der Waals surface area contributed by atoms with Crippen molar-refractivity contribution < 1.29 is 9.47 Å². The number of nitrogen functional groups attached to an aromatic ring is 1. The molecule has 2 N–H and O–H groups in total. The number of ether oxygens (including phenoxy) is 2. The van der Waals surface area contributed by atoms with Crippen LogP contribution in [0.15, 0.2) is 6.33 Å². The number of hydrogen-bond donors (Lipinski definition) is 1. The molecule has 0 spiro atoms. The first kappa shape index (κ1) is 13.9. The first-order valence-electron chi connectivity index (χ1n) is 6.75. The Balaban J connectivity index is 2.28. The molecule has 19 heavy (non-hydrogen) atoms. The van der Waals surface area contributed by atoms with E-state index in [2.05, 4.69) is 21.8 Å². The van der Waals surface area contributed by atoms with Crippen molar-refractivity contribution in [3.8, 4) is 5.88 Å². The van der Waals surface area contributed by atoms with Crippen LogP contribution in [0, 0.1) is 0 Å². The summed E-state index contributed by atoms with van der Waals surface area (Å²) in [4.78, 5) is 10.6. The van der Waals surface area contributed by atoms with Crippen LogP contribution >= 0.6 is 0 Å². The van der Waals surface area contributed by atoms with Gasteiger partial charge in [0.25, 0.3) is 0 Å². The first-order valence-corrected chi connectivity index (χ1v) is 6.75. The molecule has 1 aliphatic rings. The van der Waals surface area contributed by atoms with Crippen LogP contribution in [0.2, 0.25) is 0 Å². The van der Waals surface area contributed by atoms with Gasteiger partial charge in [-0.2, -0.15) is 4.98 Å². The maximum absolute atomic E-state index is 6.15. The fraction of sp³-hybridized carbons (Fsp3) is 0.692. The molecule has 0 aliphatic carbocycles. The van der Waals surface area contributed by atoms with E-state index in [0.717, 1.165) is 18.8 Å². The standard InChI is InChI=1S/C13H22N4O2/c1-4-10-7-18-6-5-17(10)12-11(14)13(16-8-15-12)19-9(2)3/h8-10H,4-7,14H2,1-3H3. The Morgan fingerprint density at radius 1 is 1.53 bits per heavy atom. The topological polar surface area (TPSA) is 73.5 Å². The second-order valence-electron chi connectivity index (χ2n) is 4.91. The monoisotopic (exact) mass is 266 g/mol. The fourth-order valence-corrected chi connectivity index (χ4v) is 2.19. The summed E-state index contributed by atoms with van der Waals surface area (Å²) in [6, 6.07) is 0.304. The maximum atomic E-state index is 6.15. The van der Waals surface area contributed by atoms with E-state index in [1.165, 1.54) is 6.33 Å². The molecule has 1 fully saturated rings. The largest absolute Gasteiger partial charge is 0.473 e. The minimum atomic E-state index is 0.0386. The molecule has 0 amide bonds. The summed E-state index contributed by atoms with van der Waals surface area (Å²) in [5.41, 5.74) is 6.66. The van der Waals surface area contributed by atoms with Gasteiger partial charge in [0.05, 0.1) is 25.4 Å².